The lowest BCUT2D eigenvalue weighted by Gasteiger charge is -2.01. The summed E-state index contributed by atoms with van der Waals surface area (Å²) in [4.78, 5) is 41.9. The lowest BCUT2D eigenvalue weighted by atomic mass is 10.0. The molecule has 2 aromatic heterocycles. The molecule has 3 aromatic rings. The standard InChI is InChI=1S/C18H16N4O3/c1-11(23)14-4-2-12(3-5-14)6-15-7-13(9-19-15)8-16(24)17(25)18-20-10-21-22-18/h2-5,7,9-10,19H,6,8H2,1H3,(H,20,21,22). The van der Waals surface area contributed by atoms with Gasteiger partial charge in [0.05, 0.1) is 0 Å². The Bertz CT molecular complexity index is 908. The van der Waals surface area contributed by atoms with E-state index in [1.165, 1.54) is 13.3 Å². The Hall–Kier alpha value is -3.35. The number of carbonyl (C=O) groups excluding carboxylic acids is 3. The first-order chi connectivity index (χ1) is 12.0. The molecule has 0 amide bonds. The summed E-state index contributed by atoms with van der Waals surface area (Å²) < 4.78 is 0. The molecule has 1 aromatic carbocycles. The van der Waals surface area contributed by atoms with Crippen molar-refractivity contribution < 1.29 is 14.4 Å². The van der Waals surface area contributed by atoms with E-state index in [2.05, 4.69) is 20.2 Å². The molecule has 126 valence electrons. The fourth-order valence-electron chi connectivity index (χ4n) is 2.48. The second-order valence-corrected chi connectivity index (χ2v) is 5.71. The second-order valence-electron chi connectivity index (χ2n) is 5.71. The highest BCUT2D eigenvalue weighted by molar-refractivity contribution is 6.43. The van der Waals surface area contributed by atoms with Gasteiger partial charge in [-0.2, -0.15) is 0 Å². The van der Waals surface area contributed by atoms with Gasteiger partial charge in [0, 0.05) is 30.3 Å². The molecule has 7 heteroatoms. The van der Waals surface area contributed by atoms with Crippen molar-refractivity contribution in [1.29, 1.82) is 0 Å². The Morgan fingerprint density at radius 3 is 2.48 bits per heavy atom. The smallest absolute Gasteiger partial charge is 0.267 e. The molecule has 0 unspecified atom stereocenters. The number of nitrogens with one attached hydrogen (secondary N) is 2. The van der Waals surface area contributed by atoms with Crippen LogP contribution in [0.5, 0.6) is 0 Å². The van der Waals surface area contributed by atoms with Crippen molar-refractivity contribution in [1.82, 2.24) is 20.2 Å². The number of aromatic amines is 2. The van der Waals surface area contributed by atoms with E-state index < -0.39 is 11.6 Å². The summed E-state index contributed by atoms with van der Waals surface area (Å²) in [5.41, 5.74) is 3.36. The molecule has 2 N–H and O–H groups in total. The first kappa shape index (κ1) is 16.5. The van der Waals surface area contributed by atoms with Gasteiger partial charge in [0.25, 0.3) is 5.78 Å². The zero-order chi connectivity index (χ0) is 17.8. The third-order valence-electron chi connectivity index (χ3n) is 3.79. The average Bonchev–Trinajstić information content (AvgIpc) is 3.27. The van der Waals surface area contributed by atoms with Crippen molar-refractivity contribution in [3.05, 3.63) is 71.1 Å². The van der Waals surface area contributed by atoms with Gasteiger partial charge in [-0.3, -0.25) is 19.5 Å². The van der Waals surface area contributed by atoms with Crippen molar-refractivity contribution in [3.63, 3.8) is 0 Å². The molecule has 3 rings (SSSR count). The molecule has 0 spiro atoms. The number of hydrogen-bond acceptors (Lipinski definition) is 5. The largest absolute Gasteiger partial charge is 0.364 e. The third-order valence-corrected chi connectivity index (χ3v) is 3.79. The third kappa shape index (κ3) is 3.95. The van der Waals surface area contributed by atoms with Crippen LogP contribution >= 0.6 is 0 Å². The van der Waals surface area contributed by atoms with Crippen LogP contribution in [0.3, 0.4) is 0 Å². The Morgan fingerprint density at radius 1 is 1.08 bits per heavy atom. The molecule has 0 atom stereocenters. The molecule has 0 aliphatic carbocycles. The van der Waals surface area contributed by atoms with Gasteiger partial charge in [0.1, 0.15) is 6.33 Å². The van der Waals surface area contributed by atoms with Crippen molar-refractivity contribution in [2.24, 2.45) is 0 Å². The summed E-state index contributed by atoms with van der Waals surface area (Å²) in [5, 5.41) is 6.03. The van der Waals surface area contributed by atoms with E-state index in [-0.39, 0.29) is 18.0 Å². The number of rotatable bonds is 7. The molecule has 0 saturated heterocycles. The van der Waals surface area contributed by atoms with Crippen molar-refractivity contribution in [2.45, 2.75) is 19.8 Å². The van der Waals surface area contributed by atoms with Crippen molar-refractivity contribution in [2.75, 3.05) is 0 Å². The van der Waals surface area contributed by atoms with E-state index in [1.54, 1.807) is 18.3 Å². The summed E-state index contributed by atoms with van der Waals surface area (Å²) in [5.74, 6) is -1.35. The van der Waals surface area contributed by atoms with Gasteiger partial charge in [0.2, 0.25) is 11.6 Å². The molecular formula is C18H16N4O3. The summed E-state index contributed by atoms with van der Waals surface area (Å²) in [6, 6.07) is 9.23. The maximum atomic E-state index is 12.0. The van der Waals surface area contributed by atoms with Crippen LogP contribution in [-0.2, 0) is 17.6 Å². The van der Waals surface area contributed by atoms with Crippen LogP contribution in [0.15, 0.2) is 42.9 Å². The van der Waals surface area contributed by atoms with Crippen molar-refractivity contribution >= 4 is 17.3 Å². The lowest BCUT2D eigenvalue weighted by Crippen LogP contribution is -2.17. The van der Waals surface area contributed by atoms with E-state index in [4.69, 9.17) is 0 Å². The predicted molar refractivity (Wildman–Crippen MR) is 89.5 cm³/mol. The minimum Gasteiger partial charge on any atom is -0.364 e. The van der Waals surface area contributed by atoms with Gasteiger partial charge in [-0.15, -0.1) is 5.10 Å². The number of benzene rings is 1. The van der Waals surface area contributed by atoms with Gasteiger partial charge in [-0.05, 0) is 24.1 Å². The van der Waals surface area contributed by atoms with Gasteiger partial charge < -0.3 is 4.98 Å². The van der Waals surface area contributed by atoms with Gasteiger partial charge in [-0.1, -0.05) is 24.3 Å². The highest BCUT2D eigenvalue weighted by Gasteiger charge is 2.20. The molecule has 2 heterocycles. The minimum atomic E-state index is -0.705. The molecule has 25 heavy (non-hydrogen) atoms. The maximum Gasteiger partial charge on any atom is 0.267 e. The topological polar surface area (TPSA) is 109 Å². The summed E-state index contributed by atoms with van der Waals surface area (Å²) in [6.45, 7) is 1.53. The molecule has 0 aliphatic rings. The molecule has 0 bridgehead atoms. The number of Topliss-reactive ketones (excluding diaryl/α,β-unsaturated/α-hetero) is 3. The summed E-state index contributed by atoms with van der Waals surface area (Å²) in [6.07, 6.45) is 3.60. The van der Waals surface area contributed by atoms with Gasteiger partial charge in [-0.25, -0.2) is 4.98 Å². The van der Waals surface area contributed by atoms with E-state index in [0.717, 1.165) is 16.8 Å². The summed E-state index contributed by atoms with van der Waals surface area (Å²) in [7, 11) is 0. The SMILES string of the molecule is CC(=O)c1ccc(Cc2cc(CC(=O)C(=O)c3nc[nH]n3)c[nH]2)cc1. The predicted octanol–water partition coefficient (Wildman–Crippen LogP) is 1.92. The van der Waals surface area contributed by atoms with Gasteiger partial charge >= 0.3 is 0 Å². The Kier molecular flexibility index (Phi) is 4.65. The van der Waals surface area contributed by atoms with Crippen LogP contribution < -0.4 is 0 Å². The van der Waals surface area contributed by atoms with E-state index in [1.807, 2.05) is 18.2 Å². The monoisotopic (exact) mass is 336 g/mol. The Labute approximate surface area is 143 Å². The quantitative estimate of drug-likeness (QED) is 0.506. The van der Waals surface area contributed by atoms with Crippen LogP contribution in [0, 0.1) is 0 Å². The van der Waals surface area contributed by atoms with E-state index in [0.29, 0.717) is 12.0 Å². The van der Waals surface area contributed by atoms with Crippen LogP contribution in [0.25, 0.3) is 0 Å². The maximum absolute atomic E-state index is 12.0. The minimum absolute atomic E-state index is 0.00680. The Balaban J connectivity index is 1.63. The first-order valence-electron chi connectivity index (χ1n) is 7.72. The molecule has 0 radical (unpaired) electrons. The van der Waals surface area contributed by atoms with Crippen LogP contribution in [0.4, 0.5) is 0 Å². The fourth-order valence-corrected chi connectivity index (χ4v) is 2.48. The van der Waals surface area contributed by atoms with Crippen molar-refractivity contribution in [3.8, 4) is 0 Å². The van der Waals surface area contributed by atoms with Crippen LogP contribution in [0.2, 0.25) is 0 Å². The highest BCUT2D eigenvalue weighted by atomic mass is 16.2. The number of aromatic nitrogens is 4. The van der Waals surface area contributed by atoms with E-state index in [9.17, 15) is 14.4 Å². The molecule has 7 nitrogen and oxygen atoms in total. The Morgan fingerprint density at radius 2 is 1.84 bits per heavy atom. The van der Waals surface area contributed by atoms with Crippen LogP contribution in [0.1, 0.15) is 44.7 Å². The normalized spacial score (nSPS) is 10.6. The average molecular weight is 336 g/mol. The summed E-state index contributed by atoms with van der Waals surface area (Å²) >= 11 is 0. The zero-order valence-electron chi connectivity index (χ0n) is 13.6. The van der Waals surface area contributed by atoms with Crippen LogP contribution in [-0.4, -0.2) is 37.5 Å². The molecule has 0 aliphatic heterocycles. The number of nitrogens with zero attached hydrogens (tertiary/aromatic N) is 2. The van der Waals surface area contributed by atoms with E-state index >= 15 is 0 Å². The van der Waals surface area contributed by atoms with Gasteiger partial charge in [0.15, 0.2) is 5.78 Å². The second kappa shape index (κ2) is 7.04. The fraction of sp³-hybridized carbons (Fsp3) is 0.167. The number of hydrogen-bond donors (Lipinski definition) is 2. The highest BCUT2D eigenvalue weighted by Crippen LogP contribution is 2.13. The number of carbonyl (C=O) groups is 3. The molecule has 0 saturated carbocycles. The lowest BCUT2D eigenvalue weighted by molar-refractivity contribution is -0.114. The molecule has 0 fully saturated rings. The molecular weight excluding hydrogens is 320 g/mol. The number of ketones is 3. The number of H-pyrrole nitrogens is 2. The first-order valence-corrected chi connectivity index (χ1v) is 7.72. The zero-order valence-corrected chi connectivity index (χ0v) is 13.6.